The van der Waals surface area contributed by atoms with Crippen LogP contribution in [0.25, 0.3) is 0 Å². The molecule has 1 atom stereocenters. The van der Waals surface area contributed by atoms with Gasteiger partial charge >= 0.3 is 0 Å². The third-order valence-electron chi connectivity index (χ3n) is 7.86. The van der Waals surface area contributed by atoms with Crippen LogP contribution >= 0.6 is 22.9 Å². The number of hydrogen-bond acceptors (Lipinski definition) is 7. The Labute approximate surface area is 208 Å². The Balaban J connectivity index is 1.09. The first-order chi connectivity index (χ1) is 16.5. The molecule has 180 valence electrons. The molecule has 5 rings (SSSR count). The molecule has 7 nitrogen and oxygen atoms in total. The van der Waals surface area contributed by atoms with E-state index in [-0.39, 0.29) is 18.1 Å². The maximum absolute atomic E-state index is 12.8. The number of benzene rings is 1. The van der Waals surface area contributed by atoms with E-state index >= 15 is 0 Å². The lowest BCUT2D eigenvalue weighted by Gasteiger charge is -2.29. The normalized spacial score (nSPS) is 30.5. The van der Waals surface area contributed by atoms with Crippen LogP contribution < -0.4 is 10.1 Å². The minimum absolute atomic E-state index is 0.0669. The fraction of sp³-hybridized carbons (Fsp3) is 0.600. The molecule has 0 radical (unpaired) electrons. The van der Waals surface area contributed by atoms with Crippen LogP contribution in [-0.2, 0) is 0 Å². The van der Waals surface area contributed by atoms with Crippen LogP contribution in [0.5, 0.6) is 5.75 Å². The first-order valence-electron chi connectivity index (χ1n) is 12.1. The van der Waals surface area contributed by atoms with Gasteiger partial charge in [-0.2, -0.15) is 5.26 Å². The number of aliphatic hydroxyl groups excluding tert-OH is 1. The van der Waals surface area contributed by atoms with Crippen molar-refractivity contribution in [3.05, 3.63) is 38.8 Å². The van der Waals surface area contributed by atoms with E-state index in [0.717, 1.165) is 62.8 Å². The quantitative estimate of drug-likeness (QED) is 0.587. The van der Waals surface area contributed by atoms with E-state index in [1.807, 2.05) is 6.07 Å². The summed E-state index contributed by atoms with van der Waals surface area (Å²) in [5.74, 6) is 1.41. The van der Waals surface area contributed by atoms with Gasteiger partial charge in [-0.1, -0.05) is 22.9 Å². The number of halogens is 1. The van der Waals surface area contributed by atoms with Crippen LogP contribution in [0.4, 0.5) is 0 Å². The molecule has 1 amide bonds. The van der Waals surface area contributed by atoms with Crippen molar-refractivity contribution in [1.29, 1.82) is 5.26 Å². The van der Waals surface area contributed by atoms with Gasteiger partial charge in [-0.25, -0.2) is 0 Å². The van der Waals surface area contributed by atoms with E-state index < -0.39 is 0 Å². The van der Waals surface area contributed by atoms with Crippen LogP contribution in [0.3, 0.4) is 0 Å². The molecule has 0 bridgehead atoms. The summed E-state index contributed by atoms with van der Waals surface area (Å²) in [6.45, 7) is 0.293. The second kappa shape index (κ2) is 9.80. The Morgan fingerprint density at radius 3 is 2.68 bits per heavy atom. The van der Waals surface area contributed by atoms with Crippen molar-refractivity contribution in [2.75, 3.05) is 6.61 Å². The highest BCUT2D eigenvalue weighted by Crippen LogP contribution is 2.67. The van der Waals surface area contributed by atoms with E-state index in [1.54, 1.807) is 18.2 Å². The van der Waals surface area contributed by atoms with Gasteiger partial charge in [-0.15, -0.1) is 10.2 Å². The van der Waals surface area contributed by atoms with Crippen LogP contribution in [0.2, 0.25) is 5.02 Å². The van der Waals surface area contributed by atoms with Gasteiger partial charge in [0.1, 0.15) is 16.8 Å². The zero-order valence-electron chi connectivity index (χ0n) is 19.0. The number of ether oxygens (including phenoxy) is 1. The summed E-state index contributed by atoms with van der Waals surface area (Å²) in [5, 5.41) is 31.9. The molecular formula is C25H29ClN4O3S. The van der Waals surface area contributed by atoms with Crippen LogP contribution in [0.15, 0.2) is 18.2 Å². The van der Waals surface area contributed by atoms with Gasteiger partial charge in [0, 0.05) is 24.6 Å². The van der Waals surface area contributed by atoms with Crippen molar-refractivity contribution in [1.82, 2.24) is 15.5 Å². The van der Waals surface area contributed by atoms with E-state index in [2.05, 4.69) is 15.5 Å². The molecule has 34 heavy (non-hydrogen) atoms. The number of aliphatic hydroxyl groups is 1. The van der Waals surface area contributed by atoms with Gasteiger partial charge in [0.25, 0.3) is 5.91 Å². The Bertz CT molecular complexity index is 1080. The number of carbonyl (C=O) groups excluding carboxylic acids is 1. The van der Waals surface area contributed by atoms with Gasteiger partial charge < -0.3 is 15.2 Å². The van der Waals surface area contributed by atoms with E-state index in [1.165, 1.54) is 11.3 Å². The Hall–Kier alpha value is -2.21. The summed E-state index contributed by atoms with van der Waals surface area (Å²) < 4.78 is 6.04. The highest BCUT2D eigenvalue weighted by Gasteiger charge is 2.57. The summed E-state index contributed by atoms with van der Waals surface area (Å²) in [6.07, 6.45) is 9.01. The molecule has 3 aliphatic carbocycles. The average molecular weight is 501 g/mol. The minimum Gasteiger partial charge on any atom is -0.490 e. The molecule has 1 unspecified atom stereocenters. The van der Waals surface area contributed by atoms with Gasteiger partial charge in [0.15, 0.2) is 0 Å². The maximum atomic E-state index is 12.8. The average Bonchev–Trinajstić information content (AvgIpc) is 3.31. The third-order valence-corrected chi connectivity index (χ3v) is 9.20. The Kier molecular flexibility index (Phi) is 6.79. The lowest BCUT2D eigenvalue weighted by molar-refractivity contribution is 0.0893. The van der Waals surface area contributed by atoms with Crippen molar-refractivity contribution >= 4 is 28.8 Å². The fourth-order valence-corrected chi connectivity index (χ4v) is 6.78. The fourth-order valence-electron chi connectivity index (χ4n) is 5.58. The number of carbonyl (C=O) groups is 1. The molecule has 2 aromatic rings. The number of hydrogen-bond donors (Lipinski definition) is 2. The zero-order chi connectivity index (χ0) is 23.7. The van der Waals surface area contributed by atoms with Crippen LogP contribution in [0, 0.1) is 22.7 Å². The summed E-state index contributed by atoms with van der Waals surface area (Å²) in [7, 11) is 0. The Morgan fingerprint density at radius 2 is 2.00 bits per heavy atom. The predicted molar refractivity (Wildman–Crippen MR) is 129 cm³/mol. The maximum Gasteiger partial charge on any atom is 0.282 e. The number of aromatic nitrogens is 2. The first kappa shape index (κ1) is 23.5. The molecule has 2 N–H and O–H groups in total. The molecule has 1 spiro atoms. The van der Waals surface area contributed by atoms with Crippen molar-refractivity contribution in [3.8, 4) is 11.8 Å². The van der Waals surface area contributed by atoms with Crippen molar-refractivity contribution in [2.45, 2.75) is 75.9 Å². The monoisotopic (exact) mass is 500 g/mol. The van der Waals surface area contributed by atoms with E-state index in [4.69, 9.17) is 21.6 Å². The van der Waals surface area contributed by atoms with Crippen molar-refractivity contribution in [3.63, 3.8) is 0 Å². The van der Waals surface area contributed by atoms with E-state index in [0.29, 0.717) is 45.2 Å². The standard InChI is InChI=1S/C25H29ClN4O3S/c26-21-11-19(4-1-16(21)13-27)33-18-5-2-17(3-6-18)28-22(32)24-30-29-23(34-24)20-12-25(20)9-7-15(14-31)8-10-25/h1,4,11,15,17-18,20,31H,2-3,5-10,12,14H2,(H,28,32). The molecule has 3 aliphatic rings. The predicted octanol–water partition coefficient (Wildman–Crippen LogP) is 4.84. The SMILES string of the molecule is N#Cc1ccc(OC2CCC(NC(=O)c3nnc(C4CC45CCC(CO)CC5)s3)CC2)cc1Cl. The van der Waals surface area contributed by atoms with Crippen molar-refractivity contribution < 1.29 is 14.6 Å². The lowest BCUT2D eigenvalue weighted by Crippen LogP contribution is -2.39. The van der Waals surface area contributed by atoms with Gasteiger partial charge in [-0.3, -0.25) is 4.79 Å². The largest absolute Gasteiger partial charge is 0.490 e. The Morgan fingerprint density at radius 1 is 1.24 bits per heavy atom. The zero-order valence-corrected chi connectivity index (χ0v) is 20.6. The third kappa shape index (κ3) is 4.93. The molecule has 9 heteroatoms. The smallest absolute Gasteiger partial charge is 0.282 e. The molecule has 1 aromatic heterocycles. The highest BCUT2D eigenvalue weighted by molar-refractivity contribution is 7.13. The summed E-state index contributed by atoms with van der Waals surface area (Å²) in [4.78, 5) is 12.8. The number of nitrogens with zero attached hydrogens (tertiary/aromatic N) is 3. The molecular weight excluding hydrogens is 472 g/mol. The van der Waals surface area contributed by atoms with Gasteiger partial charge in [0.05, 0.1) is 16.7 Å². The minimum atomic E-state index is -0.134. The highest BCUT2D eigenvalue weighted by atomic mass is 35.5. The second-order valence-electron chi connectivity index (χ2n) is 10.0. The van der Waals surface area contributed by atoms with Crippen LogP contribution in [-0.4, -0.2) is 40.0 Å². The number of rotatable bonds is 6. The lowest BCUT2D eigenvalue weighted by atomic mass is 9.79. The van der Waals surface area contributed by atoms with Crippen molar-refractivity contribution in [2.24, 2.45) is 11.3 Å². The van der Waals surface area contributed by atoms with Gasteiger partial charge in [0.2, 0.25) is 5.01 Å². The van der Waals surface area contributed by atoms with E-state index in [9.17, 15) is 9.90 Å². The number of nitriles is 1. The molecule has 3 saturated carbocycles. The van der Waals surface area contributed by atoms with Crippen LogP contribution in [0.1, 0.15) is 84.1 Å². The summed E-state index contributed by atoms with van der Waals surface area (Å²) in [6, 6.07) is 7.28. The second-order valence-corrected chi connectivity index (χ2v) is 11.4. The summed E-state index contributed by atoms with van der Waals surface area (Å²) >= 11 is 7.53. The number of nitrogens with one attached hydrogen (secondary N) is 1. The molecule has 0 aliphatic heterocycles. The topological polar surface area (TPSA) is 108 Å². The first-order valence-corrected chi connectivity index (χ1v) is 13.3. The van der Waals surface area contributed by atoms with Gasteiger partial charge in [-0.05, 0) is 81.3 Å². The molecule has 3 fully saturated rings. The molecule has 1 aromatic carbocycles. The summed E-state index contributed by atoms with van der Waals surface area (Å²) in [5.41, 5.74) is 0.766. The number of amides is 1. The molecule has 1 heterocycles. The molecule has 0 saturated heterocycles.